The average molecular weight is 325 g/mol. The van der Waals surface area contributed by atoms with Crippen molar-refractivity contribution in [1.29, 1.82) is 0 Å². The van der Waals surface area contributed by atoms with E-state index in [1.165, 1.54) is 6.07 Å². The number of nitrogens with zero attached hydrogens (tertiary/aromatic N) is 2. The minimum absolute atomic E-state index is 0.328. The molecule has 1 heterocycles. The van der Waals surface area contributed by atoms with Crippen LogP contribution in [0.4, 0.5) is 21.8 Å². The summed E-state index contributed by atoms with van der Waals surface area (Å²) in [7, 11) is 0. The highest BCUT2D eigenvalue weighted by Crippen LogP contribution is 2.24. The van der Waals surface area contributed by atoms with Crippen molar-refractivity contribution in [3.63, 3.8) is 0 Å². The zero-order chi connectivity index (χ0) is 13.8. The summed E-state index contributed by atoms with van der Waals surface area (Å²) in [6.07, 6.45) is 1.70. The molecule has 0 aliphatic heterocycles. The summed E-state index contributed by atoms with van der Waals surface area (Å²) in [5, 5.41) is 6.01. The number of aryl methyl sites for hydroxylation is 1. The van der Waals surface area contributed by atoms with Gasteiger partial charge in [-0.15, -0.1) is 0 Å². The maximum absolute atomic E-state index is 13.7. The molecule has 0 aliphatic rings. The number of hydrogen-bond acceptors (Lipinski definition) is 4. The zero-order valence-corrected chi connectivity index (χ0v) is 12.3. The molecule has 0 amide bonds. The lowest BCUT2D eigenvalue weighted by Gasteiger charge is -2.11. The number of benzene rings is 1. The van der Waals surface area contributed by atoms with Crippen LogP contribution in [-0.2, 0) is 0 Å². The van der Waals surface area contributed by atoms with Crippen molar-refractivity contribution in [3.05, 3.63) is 40.2 Å². The first-order chi connectivity index (χ1) is 9.10. The third kappa shape index (κ3) is 3.41. The fourth-order valence-electron chi connectivity index (χ4n) is 1.53. The molecular weight excluding hydrogens is 311 g/mol. The molecule has 2 aromatic rings. The first-order valence-corrected chi connectivity index (χ1v) is 6.69. The summed E-state index contributed by atoms with van der Waals surface area (Å²) >= 11 is 3.32. The van der Waals surface area contributed by atoms with Gasteiger partial charge in [-0.1, -0.05) is 15.9 Å². The Kier molecular flexibility index (Phi) is 4.31. The Hall–Kier alpha value is -1.69. The summed E-state index contributed by atoms with van der Waals surface area (Å²) < 4.78 is 14.5. The fourth-order valence-corrected chi connectivity index (χ4v) is 1.89. The fraction of sp³-hybridized carbons (Fsp3) is 0.231. The Morgan fingerprint density at radius 1 is 1.37 bits per heavy atom. The summed E-state index contributed by atoms with van der Waals surface area (Å²) in [5.74, 6) is 0.778. The molecule has 0 aliphatic carbocycles. The first-order valence-electron chi connectivity index (χ1n) is 5.89. The van der Waals surface area contributed by atoms with Crippen molar-refractivity contribution >= 4 is 33.4 Å². The van der Waals surface area contributed by atoms with Gasteiger partial charge in [0.25, 0.3) is 0 Å². The Morgan fingerprint density at radius 3 is 2.89 bits per heavy atom. The van der Waals surface area contributed by atoms with Gasteiger partial charge >= 0.3 is 0 Å². The predicted molar refractivity (Wildman–Crippen MR) is 78.3 cm³/mol. The van der Waals surface area contributed by atoms with Crippen LogP contribution in [0.25, 0.3) is 0 Å². The summed E-state index contributed by atoms with van der Waals surface area (Å²) in [5.41, 5.74) is 1.22. The number of anilines is 3. The quantitative estimate of drug-likeness (QED) is 0.896. The number of halogens is 2. The number of nitrogens with one attached hydrogen (secondary N) is 2. The molecule has 0 saturated carbocycles. The van der Waals surface area contributed by atoms with Crippen LogP contribution in [0.1, 0.15) is 12.5 Å². The summed E-state index contributed by atoms with van der Waals surface area (Å²) in [4.78, 5) is 8.46. The lowest BCUT2D eigenvalue weighted by Crippen LogP contribution is -2.06. The number of rotatable bonds is 4. The van der Waals surface area contributed by atoms with Crippen molar-refractivity contribution in [1.82, 2.24) is 9.97 Å². The van der Waals surface area contributed by atoms with Crippen LogP contribution in [-0.4, -0.2) is 16.5 Å². The van der Waals surface area contributed by atoms with Crippen molar-refractivity contribution in [3.8, 4) is 0 Å². The maximum Gasteiger partial charge on any atom is 0.224 e. The van der Waals surface area contributed by atoms with Crippen molar-refractivity contribution in [2.24, 2.45) is 0 Å². The molecule has 1 aromatic heterocycles. The first kappa shape index (κ1) is 13.7. The van der Waals surface area contributed by atoms with Gasteiger partial charge in [0, 0.05) is 22.8 Å². The molecule has 2 rings (SSSR count). The highest BCUT2D eigenvalue weighted by Gasteiger charge is 2.07. The lowest BCUT2D eigenvalue weighted by atomic mass is 10.3. The monoisotopic (exact) mass is 324 g/mol. The van der Waals surface area contributed by atoms with E-state index >= 15 is 0 Å². The highest BCUT2D eigenvalue weighted by molar-refractivity contribution is 9.10. The molecule has 0 atom stereocenters. The molecule has 0 radical (unpaired) electrons. The molecule has 2 N–H and O–H groups in total. The molecule has 0 spiro atoms. The van der Waals surface area contributed by atoms with Crippen molar-refractivity contribution in [2.75, 3.05) is 17.2 Å². The third-order valence-corrected chi connectivity index (χ3v) is 2.98. The van der Waals surface area contributed by atoms with Gasteiger partial charge in [0.15, 0.2) is 0 Å². The topological polar surface area (TPSA) is 49.8 Å². The van der Waals surface area contributed by atoms with E-state index < -0.39 is 0 Å². The van der Waals surface area contributed by atoms with Crippen LogP contribution in [0, 0.1) is 12.7 Å². The van der Waals surface area contributed by atoms with E-state index in [1.54, 1.807) is 18.3 Å². The van der Waals surface area contributed by atoms with E-state index in [1.807, 2.05) is 13.8 Å². The Labute approximate surface area is 119 Å². The maximum atomic E-state index is 13.7. The van der Waals surface area contributed by atoms with Gasteiger partial charge in [0.1, 0.15) is 11.6 Å². The van der Waals surface area contributed by atoms with Gasteiger partial charge in [-0.3, -0.25) is 0 Å². The lowest BCUT2D eigenvalue weighted by molar-refractivity contribution is 0.631. The van der Waals surface area contributed by atoms with Crippen LogP contribution in [0.15, 0.2) is 28.9 Å². The van der Waals surface area contributed by atoms with E-state index in [2.05, 4.69) is 36.5 Å². The van der Waals surface area contributed by atoms with Gasteiger partial charge in [-0.25, -0.2) is 9.37 Å². The largest absolute Gasteiger partial charge is 0.354 e. The number of hydrogen-bond donors (Lipinski definition) is 2. The van der Waals surface area contributed by atoms with Crippen molar-refractivity contribution < 1.29 is 4.39 Å². The Bertz CT molecular complexity index is 589. The second-order valence-electron chi connectivity index (χ2n) is 4.00. The zero-order valence-electron chi connectivity index (χ0n) is 10.7. The van der Waals surface area contributed by atoms with Crippen LogP contribution < -0.4 is 10.6 Å². The van der Waals surface area contributed by atoms with Gasteiger partial charge in [-0.05, 0) is 32.0 Å². The standard InChI is InChI=1S/C13H14BrFN4/c1-3-16-13-17-7-8(2)12(19-13)18-11-6-9(14)4-5-10(11)15/h4-7H,3H2,1-2H3,(H2,16,17,18,19). The van der Waals surface area contributed by atoms with E-state index in [0.717, 1.165) is 16.6 Å². The predicted octanol–water partition coefficient (Wildman–Crippen LogP) is 3.86. The molecular formula is C13H14BrFN4. The molecule has 0 bridgehead atoms. The van der Waals surface area contributed by atoms with Crippen molar-refractivity contribution in [2.45, 2.75) is 13.8 Å². The van der Waals surface area contributed by atoms with Crippen LogP contribution in [0.2, 0.25) is 0 Å². The van der Waals surface area contributed by atoms with Gasteiger partial charge in [0.05, 0.1) is 5.69 Å². The Morgan fingerprint density at radius 2 is 2.16 bits per heavy atom. The second kappa shape index (κ2) is 5.97. The normalized spacial score (nSPS) is 10.3. The van der Waals surface area contributed by atoms with E-state index in [4.69, 9.17) is 0 Å². The van der Waals surface area contributed by atoms with E-state index in [9.17, 15) is 4.39 Å². The molecule has 4 nitrogen and oxygen atoms in total. The summed E-state index contributed by atoms with van der Waals surface area (Å²) in [6, 6.07) is 4.72. The van der Waals surface area contributed by atoms with Gasteiger partial charge < -0.3 is 10.6 Å². The molecule has 0 unspecified atom stereocenters. The van der Waals surface area contributed by atoms with Crippen LogP contribution >= 0.6 is 15.9 Å². The minimum Gasteiger partial charge on any atom is -0.354 e. The van der Waals surface area contributed by atoms with E-state index in [0.29, 0.717) is 17.5 Å². The molecule has 6 heteroatoms. The molecule has 19 heavy (non-hydrogen) atoms. The van der Waals surface area contributed by atoms with Gasteiger partial charge in [-0.2, -0.15) is 4.98 Å². The number of aromatic nitrogens is 2. The average Bonchev–Trinajstić information content (AvgIpc) is 2.38. The molecule has 100 valence electrons. The third-order valence-electron chi connectivity index (χ3n) is 2.49. The Balaban J connectivity index is 2.31. The SMILES string of the molecule is CCNc1ncc(C)c(Nc2cc(Br)ccc2F)n1. The van der Waals surface area contributed by atoms with E-state index in [-0.39, 0.29) is 5.82 Å². The van der Waals surface area contributed by atoms with Crippen LogP contribution in [0.3, 0.4) is 0 Å². The highest BCUT2D eigenvalue weighted by atomic mass is 79.9. The molecule has 0 saturated heterocycles. The van der Waals surface area contributed by atoms with Crippen LogP contribution in [0.5, 0.6) is 0 Å². The molecule has 1 aromatic carbocycles. The second-order valence-corrected chi connectivity index (χ2v) is 4.92. The minimum atomic E-state index is -0.328. The van der Waals surface area contributed by atoms with Gasteiger partial charge in [0.2, 0.25) is 5.95 Å². The smallest absolute Gasteiger partial charge is 0.224 e. The molecule has 0 fully saturated rings. The summed E-state index contributed by atoms with van der Waals surface area (Å²) in [6.45, 7) is 4.56.